The van der Waals surface area contributed by atoms with Crippen molar-refractivity contribution in [3.63, 3.8) is 0 Å². The Kier molecular flexibility index (Phi) is 4.39. The van der Waals surface area contributed by atoms with E-state index < -0.39 is 6.10 Å². The lowest BCUT2D eigenvalue weighted by Crippen LogP contribution is -2.06. The molecule has 3 nitrogen and oxygen atoms in total. The van der Waals surface area contributed by atoms with Crippen LogP contribution < -0.4 is 4.74 Å². The number of nitriles is 1. The zero-order chi connectivity index (χ0) is 14.5. The molecule has 0 aliphatic rings. The van der Waals surface area contributed by atoms with Gasteiger partial charge in [0.2, 0.25) is 0 Å². The van der Waals surface area contributed by atoms with Gasteiger partial charge in [-0.2, -0.15) is 5.26 Å². The summed E-state index contributed by atoms with van der Waals surface area (Å²) in [4.78, 5) is 0. The molecule has 0 aliphatic heterocycles. The molecule has 1 N–H and O–H groups in total. The zero-order valence-electron chi connectivity index (χ0n) is 11.6. The van der Waals surface area contributed by atoms with Crippen molar-refractivity contribution in [3.05, 3.63) is 65.2 Å². The smallest absolute Gasteiger partial charge is 0.119 e. The molecular weight excluding hydrogens is 250 g/mol. The first-order valence-electron chi connectivity index (χ1n) is 6.55. The average molecular weight is 267 g/mol. The third-order valence-corrected chi connectivity index (χ3v) is 2.92. The lowest BCUT2D eigenvalue weighted by atomic mass is 10.0. The maximum Gasteiger partial charge on any atom is 0.119 e. The maximum absolute atomic E-state index is 10.3. The fraction of sp³-hybridized carbons (Fsp3) is 0.235. The number of aliphatic hydroxyl groups excluding tert-OH is 1. The van der Waals surface area contributed by atoms with Crippen LogP contribution in [0.1, 0.15) is 36.6 Å². The van der Waals surface area contributed by atoms with Crippen LogP contribution in [0.2, 0.25) is 0 Å². The molecule has 1 atom stereocenters. The van der Waals surface area contributed by atoms with Gasteiger partial charge < -0.3 is 9.84 Å². The molecule has 0 fully saturated rings. The number of aliphatic hydroxyl groups is 1. The highest BCUT2D eigenvalue weighted by molar-refractivity contribution is 5.37. The second-order valence-corrected chi connectivity index (χ2v) is 4.87. The highest BCUT2D eigenvalue weighted by atomic mass is 16.5. The van der Waals surface area contributed by atoms with Gasteiger partial charge in [-0.1, -0.05) is 24.3 Å². The van der Waals surface area contributed by atoms with Crippen molar-refractivity contribution in [2.24, 2.45) is 0 Å². The van der Waals surface area contributed by atoms with Crippen molar-refractivity contribution in [2.75, 3.05) is 0 Å². The number of hydrogen-bond donors (Lipinski definition) is 1. The van der Waals surface area contributed by atoms with Gasteiger partial charge in [0.15, 0.2) is 0 Å². The summed E-state index contributed by atoms with van der Waals surface area (Å²) in [5, 5.41) is 19.1. The molecule has 0 radical (unpaired) electrons. The lowest BCUT2D eigenvalue weighted by molar-refractivity contribution is 0.219. The molecule has 102 valence electrons. The molecule has 0 heterocycles. The Hall–Kier alpha value is -2.31. The van der Waals surface area contributed by atoms with E-state index in [4.69, 9.17) is 10.00 Å². The first kappa shape index (κ1) is 14.1. The monoisotopic (exact) mass is 267 g/mol. The average Bonchev–Trinajstić information content (AvgIpc) is 2.47. The fourth-order valence-corrected chi connectivity index (χ4v) is 1.93. The largest absolute Gasteiger partial charge is 0.491 e. The number of hydrogen-bond acceptors (Lipinski definition) is 3. The third-order valence-electron chi connectivity index (χ3n) is 2.92. The summed E-state index contributed by atoms with van der Waals surface area (Å²) >= 11 is 0. The predicted octanol–water partition coefficient (Wildman–Crippen LogP) is 3.43. The minimum atomic E-state index is -0.698. The minimum absolute atomic E-state index is 0.129. The third kappa shape index (κ3) is 3.37. The van der Waals surface area contributed by atoms with Crippen molar-refractivity contribution in [1.29, 1.82) is 5.26 Å². The molecule has 2 aromatic carbocycles. The van der Waals surface area contributed by atoms with Crippen LogP contribution in [0.15, 0.2) is 48.5 Å². The van der Waals surface area contributed by atoms with E-state index >= 15 is 0 Å². The van der Waals surface area contributed by atoms with Gasteiger partial charge in [0.1, 0.15) is 11.9 Å². The first-order valence-corrected chi connectivity index (χ1v) is 6.55. The molecule has 0 spiro atoms. The van der Waals surface area contributed by atoms with Crippen molar-refractivity contribution in [1.82, 2.24) is 0 Å². The number of nitrogens with zero attached hydrogens (tertiary/aromatic N) is 1. The van der Waals surface area contributed by atoms with Gasteiger partial charge >= 0.3 is 0 Å². The summed E-state index contributed by atoms with van der Waals surface area (Å²) in [6.45, 7) is 3.94. The van der Waals surface area contributed by atoms with Crippen LogP contribution in [0.25, 0.3) is 0 Å². The predicted molar refractivity (Wildman–Crippen MR) is 77.4 cm³/mol. The molecule has 0 aromatic heterocycles. The SMILES string of the molecule is CC(C)Oc1ccc(C(O)c2ccc(C#N)cc2)cc1. The number of ether oxygens (including phenoxy) is 1. The molecule has 0 bridgehead atoms. The van der Waals surface area contributed by atoms with Crippen LogP contribution in [0.5, 0.6) is 5.75 Å². The summed E-state index contributed by atoms with van der Waals surface area (Å²) in [7, 11) is 0. The Morgan fingerprint density at radius 3 is 1.90 bits per heavy atom. The normalized spacial score (nSPS) is 11.9. The fourth-order valence-electron chi connectivity index (χ4n) is 1.93. The van der Waals surface area contributed by atoms with Crippen LogP contribution in [-0.4, -0.2) is 11.2 Å². The van der Waals surface area contributed by atoms with Gasteiger partial charge in [0.05, 0.1) is 17.7 Å². The summed E-state index contributed by atoms with van der Waals surface area (Å²) in [6.07, 6.45) is -0.569. The van der Waals surface area contributed by atoms with Gasteiger partial charge in [-0.05, 0) is 49.2 Å². The highest BCUT2D eigenvalue weighted by Crippen LogP contribution is 2.24. The molecule has 0 aliphatic carbocycles. The van der Waals surface area contributed by atoms with Crippen LogP contribution in [-0.2, 0) is 0 Å². The molecule has 3 heteroatoms. The van der Waals surface area contributed by atoms with Crippen LogP contribution in [0.4, 0.5) is 0 Å². The lowest BCUT2D eigenvalue weighted by Gasteiger charge is -2.13. The summed E-state index contributed by atoms with van der Waals surface area (Å²) < 4.78 is 5.57. The molecule has 0 amide bonds. The minimum Gasteiger partial charge on any atom is -0.491 e. The topological polar surface area (TPSA) is 53.2 Å². The van der Waals surface area contributed by atoms with Crippen LogP contribution >= 0.6 is 0 Å². The van der Waals surface area contributed by atoms with E-state index in [0.29, 0.717) is 5.56 Å². The molecule has 0 saturated carbocycles. The second kappa shape index (κ2) is 6.23. The molecule has 2 aromatic rings. The van der Waals surface area contributed by atoms with Gasteiger partial charge in [0.25, 0.3) is 0 Å². The van der Waals surface area contributed by atoms with Gasteiger partial charge in [-0.25, -0.2) is 0 Å². The molecule has 1 unspecified atom stereocenters. The highest BCUT2D eigenvalue weighted by Gasteiger charge is 2.10. The van der Waals surface area contributed by atoms with Crippen molar-refractivity contribution < 1.29 is 9.84 Å². The van der Waals surface area contributed by atoms with Gasteiger partial charge in [-0.15, -0.1) is 0 Å². The van der Waals surface area contributed by atoms with Crippen LogP contribution in [0.3, 0.4) is 0 Å². The Balaban J connectivity index is 2.15. The Morgan fingerprint density at radius 2 is 1.45 bits per heavy atom. The number of benzene rings is 2. The molecule has 2 rings (SSSR count). The van der Waals surface area contributed by atoms with Crippen molar-refractivity contribution >= 4 is 0 Å². The molecule has 0 saturated heterocycles. The Morgan fingerprint density at radius 1 is 0.950 bits per heavy atom. The van der Waals surface area contributed by atoms with E-state index in [2.05, 4.69) is 6.07 Å². The van der Waals surface area contributed by atoms with E-state index in [1.54, 1.807) is 24.3 Å². The van der Waals surface area contributed by atoms with Crippen molar-refractivity contribution in [2.45, 2.75) is 26.1 Å². The summed E-state index contributed by atoms with van der Waals surface area (Å²) in [5.74, 6) is 0.788. The van der Waals surface area contributed by atoms with E-state index in [9.17, 15) is 5.11 Å². The second-order valence-electron chi connectivity index (χ2n) is 4.87. The summed E-state index contributed by atoms with van der Waals surface area (Å²) in [5.41, 5.74) is 2.15. The van der Waals surface area contributed by atoms with E-state index in [1.165, 1.54) is 0 Å². The Labute approximate surface area is 119 Å². The van der Waals surface area contributed by atoms with Crippen molar-refractivity contribution in [3.8, 4) is 11.8 Å². The first-order chi connectivity index (χ1) is 9.60. The number of rotatable bonds is 4. The zero-order valence-corrected chi connectivity index (χ0v) is 11.6. The summed E-state index contributed by atoms with van der Waals surface area (Å²) in [6, 6.07) is 16.4. The van der Waals surface area contributed by atoms with Gasteiger partial charge in [-0.3, -0.25) is 0 Å². The maximum atomic E-state index is 10.3. The standard InChI is InChI=1S/C17H17NO2/c1-12(2)20-16-9-7-15(8-10-16)17(19)14-5-3-13(11-18)4-6-14/h3-10,12,17,19H,1-2H3. The van der Waals surface area contributed by atoms with Crippen LogP contribution in [0, 0.1) is 11.3 Å². The quantitative estimate of drug-likeness (QED) is 0.923. The molecular formula is C17H17NO2. The van der Waals surface area contributed by atoms with E-state index in [1.807, 2.05) is 38.1 Å². The van der Waals surface area contributed by atoms with E-state index in [-0.39, 0.29) is 6.10 Å². The van der Waals surface area contributed by atoms with Gasteiger partial charge in [0, 0.05) is 0 Å². The van der Waals surface area contributed by atoms with E-state index in [0.717, 1.165) is 16.9 Å². The Bertz CT molecular complexity index is 594. The molecule has 20 heavy (non-hydrogen) atoms.